The fourth-order valence-corrected chi connectivity index (χ4v) is 2.91. The highest BCUT2D eigenvalue weighted by Crippen LogP contribution is 2.33. The Balaban J connectivity index is 1.88. The van der Waals surface area contributed by atoms with E-state index < -0.39 is 0 Å². The third-order valence-corrected chi connectivity index (χ3v) is 4.07. The van der Waals surface area contributed by atoms with Crippen molar-refractivity contribution in [2.75, 3.05) is 0 Å². The van der Waals surface area contributed by atoms with Crippen molar-refractivity contribution in [3.05, 3.63) is 0 Å². The van der Waals surface area contributed by atoms with E-state index in [1.54, 1.807) is 0 Å². The van der Waals surface area contributed by atoms with E-state index in [0.717, 1.165) is 5.92 Å². The molecule has 84 valence electrons. The van der Waals surface area contributed by atoms with Gasteiger partial charge in [0.15, 0.2) is 0 Å². The van der Waals surface area contributed by atoms with Crippen LogP contribution in [0.2, 0.25) is 0 Å². The highest BCUT2D eigenvalue weighted by molar-refractivity contribution is 6.20. The summed E-state index contributed by atoms with van der Waals surface area (Å²) in [5.74, 6) is 0.850. The Morgan fingerprint density at radius 1 is 1.00 bits per heavy atom. The maximum absolute atomic E-state index is 6.24. The van der Waals surface area contributed by atoms with Crippen molar-refractivity contribution < 1.29 is 0 Å². The highest BCUT2D eigenvalue weighted by Gasteiger charge is 2.24. The summed E-state index contributed by atoms with van der Waals surface area (Å²) in [7, 11) is 0. The molecule has 1 rings (SSSR count). The molecule has 1 aliphatic carbocycles. The summed E-state index contributed by atoms with van der Waals surface area (Å²) >= 11 is 6.24. The van der Waals surface area contributed by atoms with Crippen LogP contribution in [0.5, 0.6) is 0 Å². The maximum atomic E-state index is 6.24. The van der Waals surface area contributed by atoms with Gasteiger partial charge in [-0.15, -0.1) is 11.6 Å². The Kier molecular flexibility index (Phi) is 6.68. The monoisotopic (exact) mass is 216 g/mol. The van der Waals surface area contributed by atoms with E-state index in [1.165, 1.54) is 64.2 Å². The minimum Gasteiger partial charge on any atom is -0.123 e. The third-order valence-electron chi connectivity index (χ3n) is 3.49. The molecule has 0 aliphatic heterocycles. The normalized spacial score (nSPS) is 27.0. The van der Waals surface area contributed by atoms with Crippen molar-refractivity contribution in [3.8, 4) is 0 Å². The van der Waals surface area contributed by atoms with Crippen molar-refractivity contribution in [1.82, 2.24) is 0 Å². The largest absolute Gasteiger partial charge is 0.123 e. The van der Waals surface area contributed by atoms with Crippen LogP contribution < -0.4 is 0 Å². The van der Waals surface area contributed by atoms with Gasteiger partial charge in [-0.2, -0.15) is 0 Å². The molecule has 2 atom stereocenters. The SMILES string of the molecule is CCCCCCCCC1CCCC1Cl. The van der Waals surface area contributed by atoms with E-state index in [9.17, 15) is 0 Å². The molecule has 0 aromatic rings. The van der Waals surface area contributed by atoms with Crippen molar-refractivity contribution in [2.45, 2.75) is 76.5 Å². The van der Waals surface area contributed by atoms with Crippen LogP contribution in [0.25, 0.3) is 0 Å². The van der Waals surface area contributed by atoms with Crippen LogP contribution in [0, 0.1) is 5.92 Å². The molecule has 2 unspecified atom stereocenters. The predicted octanol–water partition coefficient (Wildman–Crippen LogP) is 5.14. The lowest BCUT2D eigenvalue weighted by atomic mass is 9.99. The quantitative estimate of drug-likeness (QED) is 0.408. The average molecular weight is 217 g/mol. The van der Waals surface area contributed by atoms with Gasteiger partial charge in [0.1, 0.15) is 0 Å². The molecule has 0 spiro atoms. The highest BCUT2D eigenvalue weighted by atomic mass is 35.5. The first-order chi connectivity index (χ1) is 6.84. The smallest absolute Gasteiger partial charge is 0.0364 e. The molecule has 14 heavy (non-hydrogen) atoms. The van der Waals surface area contributed by atoms with Gasteiger partial charge < -0.3 is 0 Å². The number of hydrogen-bond acceptors (Lipinski definition) is 0. The first-order valence-electron chi connectivity index (χ1n) is 6.48. The Bertz CT molecular complexity index is 133. The second kappa shape index (κ2) is 7.56. The predicted molar refractivity (Wildman–Crippen MR) is 65.0 cm³/mol. The van der Waals surface area contributed by atoms with Crippen LogP contribution in [-0.4, -0.2) is 5.38 Å². The third kappa shape index (κ3) is 4.68. The number of rotatable bonds is 7. The van der Waals surface area contributed by atoms with Gasteiger partial charge in [0.25, 0.3) is 0 Å². The molecule has 1 aliphatic rings. The maximum Gasteiger partial charge on any atom is 0.0364 e. The van der Waals surface area contributed by atoms with Gasteiger partial charge in [-0.25, -0.2) is 0 Å². The first-order valence-corrected chi connectivity index (χ1v) is 6.92. The molecule has 0 N–H and O–H groups in total. The van der Waals surface area contributed by atoms with Gasteiger partial charge in [0.2, 0.25) is 0 Å². The van der Waals surface area contributed by atoms with Gasteiger partial charge in [0, 0.05) is 5.38 Å². The molecule has 1 heteroatoms. The second-order valence-corrected chi connectivity index (χ2v) is 5.32. The molecule has 0 nitrogen and oxygen atoms in total. The Labute approximate surface area is 94.4 Å². The Hall–Kier alpha value is 0.290. The fourth-order valence-electron chi connectivity index (χ4n) is 2.50. The zero-order chi connectivity index (χ0) is 10.2. The van der Waals surface area contributed by atoms with Crippen LogP contribution in [0.4, 0.5) is 0 Å². The van der Waals surface area contributed by atoms with Gasteiger partial charge in [-0.3, -0.25) is 0 Å². The van der Waals surface area contributed by atoms with Crippen LogP contribution in [-0.2, 0) is 0 Å². The lowest BCUT2D eigenvalue weighted by Crippen LogP contribution is -2.06. The molecule has 0 aromatic carbocycles. The van der Waals surface area contributed by atoms with Gasteiger partial charge >= 0.3 is 0 Å². The van der Waals surface area contributed by atoms with E-state index in [4.69, 9.17) is 11.6 Å². The molecule has 1 fully saturated rings. The number of unbranched alkanes of at least 4 members (excludes halogenated alkanes) is 5. The topological polar surface area (TPSA) is 0 Å². The summed E-state index contributed by atoms with van der Waals surface area (Å²) in [6, 6.07) is 0. The number of hydrogen-bond donors (Lipinski definition) is 0. The minimum atomic E-state index is 0.505. The van der Waals surface area contributed by atoms with Gasteiger partial charge in [-0.05, 0) is 25.2 Å². The van der Waals surface area contributed by atoms with E-state index in [1.807, 2.05) is 0 Å². The van der Waals surface area contributed by atoms with Crippen molar-refractivity contribution in [1.29, 1.82) is 0 Å². The molecule has 0 saturated heterocycles. The van der Waals surface area contributed by atoms with Crippen molar-refractivity contribution in [3.63, 3.8) is 0 Å². The molecule has 0 aromatic heterocycles. The van der Waals surface area contributed by atoms with E-state index in [0.29, 0.717) is 5.38 Å². The summed E-state index contributed by atoms with van der Waals surface area (Å²) in [4.78, 5) is 0. The number of halogens is 1. The Morgan fingerprint density at radius 2 is 1.71 bits per heavy atom. The molecule has 0 bridgehead atoms. The van der Waals surface area contributed by atoms with Gasteiger partial charge in [0.05, 0.1) is 0 Å². The average Bonchev–Trinajstić information content (AvgIpc) is 2.58. The molecule has 1 saturated carbocycles. The van der Waals surface area contributed by atoms with Crippen molar-refractivity contribution >= 4 is 11.6 Å². The molecule has 0 radical (unpaired) electrons. The standard InChI is InChI=1S/C13H25Cl/c1-2-3-4-5-6-7-9-12-10-8-11-13(12)14/h12-13H,2-11H2,1H3. The van der Waals surface area contributed by atoms with Gasteiger partial charge in [-0.1, -0.05) is 51.9 Å². The first kappa shape index (κ1) is 12.4. The zero-order valence-corrected chi connectivity index (χ0v) is 10.4. The van der Waals surface area contributed by atoms with Crippen LogP contribution >= 0.6 is 11.6 Å². The summed E-state index contributed by atoms with van der Waals surface area (Å²) in [6.45, 7) is 2.27. The zero-order valence-electron chi connectivity index (χ0n) is 9.60. The molecule has 0 heterocycles. The molecular weight excluding hydrogens is 192 g/mol. The summed E-state index contributed by atoms with van der Waals surface area (Å²) in [6.07, 6.45) is 13.9. The Morgan fingerprint density at radius 3 is 2.36 bits per heavy atom. The van der Waals surface area contributed by atoms with E-state index >= 15 is 0 Å². The van der Waals surface area contributed by atoms with Crippen LogP contribution in [0.15, 0.2) is 0 Å². The minimum absolute atomic E-state index is 0.505. The molecule has 0 amide bonds. The van der Waals surface area contributed by atoms with E-state index in [2.05, 4.69) is 6.92 Å². The molecular formula is C13H25Cl. The summed E-state index contributed by atoms with van der Waals surface area (Å²) < 4.78 is 0. The number of alkyl halides is 1. The van der Waals surface area contributed by atoms with Crippen LogP contribution in [0.1, 0.15) is 71.1 Å². The summed E-state index contributed by atoms with van der Waals surface area (Å²) in [5.41, 5.74) is 0. The fraction of sp³-hybridized carbons (Fsp3) is 1.00. The lowest BCUT2D eigenvalue weighted by Gasteiger charge is -2.12. The van der Waals surface area contributed by atoms with E-state index in [-0.39, 0.29) is 0 Å². The summed E-state index contributed by atoms with van der Waals surface area (Å²) in [5, 5.41) is 0.505. The van der Waals surface area contributed by atoms with Crippen LogP contribution in [0.3, 0.4) is 0 Å². The lowest BCUT2D eigenvalue weighted by molar-refractivity contribution is 0.466. The second-order valence-electron chi connectivity index (χ2n) is 4.76. The van der Waals surface area contributed by atoms with Crippen molar-refractivity contribution in [2.24, 2.45) is 5.92 Å².